The predicted molar refractivity (Wildman–Crippen MR) is 106 cm³/mol. The Morgan fingerprint density at radius 1 is 1.26 bits per heavy atom. The van der Waals surface area contributed by atoms with E-state index < -0.39 is 6.10 Å². The summed E-state index contributed by atoms with van der Waals surface area (Å²) in [6.07, 6.45) is 1.99. The lowest BCUT2D eigenvalue weighted by molar-refractivity contribution is -0.0259. The van der Waals surface area contributed by atoms with Gasteiger partial charge in [0.25, 0.3) is 0 Å². The van der Waals surface area contributed by atoms with Crippen LogP contribution in [0.25, 0.3) is 0 Å². The third-order valence-corrected chi connectivity index (χ3v) is 5.73. The number of piperidine rings is 1. The number of ether oxygens (including phenoxy) is 2. The molecular formula is C22H35NO4. The summed E-state index contributed by atoms with van der Waals surface area (Å²) in [6.45, 7) is 10.7. The number of benzene rings is 1. The highest BCUT2D eigenvalue weighted by atomic mass is 16.5. The Bertz CT molecular complexity index is 652. The Hall–Kier alpha value is -1.30. The average Bonchev–Trinajstić information content (AvgIpc) is 2.58. The summed E-state index contributed by atoms with van der Waals surface area (Å²) in [4.78, 5) is 2.53. The van der Waals surface area contributed by atoms with Crippen LogP contribution in [-0.2, 0) is 6.42 Å². The van der Waals surface area contributed by atoms with Gasteiger partial charge in [-0.1, -0.05) is 20.8 Å². The summed E-state index contributed by atoms with van der Waals surface area (Å²) in [5.74, 6) is 1.72. The molecule has 0 saturated carbocycles. The van der Waals surface area contributed by atoms with E-state index in [4.69, 9.17) is 9.47 Å². The van der Waals surface area contributed by atoms with Crippen molar-refractivity contribution in [2.45, 2.75) is 65.2 Å². The highest BCUT2D eigenvalue weighted by Gasteiger charge is 2.39. The molecule has 1 saturated heterocycles. The minimum absolute atomic E-state index is 0.228. The van der Waals surface area contributed by atoms with Gasteiger partial charge in [0.1, 0.15) is 6.61 Å². The molecule has 0 aromatic heterocycles. The second-order valence-corrected chi connectivity index (χ2v) is 9.45. The molecule has 0 radical (unpaired) electrons. The fourth-order valence-corrected chi connectivity index (χ4v) is 4.57. The van der Waals surface area contributed by atoms with Crippen LogP contribution >= 0.6 is 0 Å². The lowest BCUT2D eigenvalue weighted by Gasteiger charge is -2.47. The number of aliphatic hydroxyl groups is 2. The van der Waals surface area contributed by atoms with Gasteiger partial charge in [0.05, 0.1) is 19.3 Å². The van der Waals surface area contributed by atoms with Crippen LogP contribution in [0.4, 0.5) is 0 Å². The highest BCUT2D eigenvalue weighted by Crippen LogP contribution is 2.44. The molecule has 2 aliphatic heterocycles. The van der Waals surface area contributed by atoms with Crippen LogP contribution in [0.5, 0.6) is 11.5 Å². The molecule has 2 heterocycles. The first-order valence-electron chi connectivity index (χ1n) is 10.1. The first-order chi connectivity index (χ1) is 12.7. The summed E-state index contributed by atoms with van der Waals surface area (Å²) in [5.41, 5.74) is 2.74. The zero-order valence-corrected chi connectivity index (χ0v) is 17.4. The van der Waals surface area contributed by atoms with E-state index in [0.29, 0.717) is 17.4 Å². The van der Waals surface area contributed by atoms with Crippen LogP contribution in [0.15, 0.2) is 12.1 Å². The molecule has 5 heteroatoms. The number of nitrogens with zero attached hydrogens (tertiary/aromatic N) is 1. The van der Waals surface area contributed by atoms with E-state index in [1.165, 1.54) is 11.1 Å². The topological polar surface area (TPSA) is 62.2 Å². The van der Waals surface area contributed by atoms with E-state index in [2.05, 4.69) is 37.8 Å². The third kappa shape index (κ3) is 4.76. The monoisotopic (exact) mass is 377 g/mol. The third-order valence-electron chi connectivity index (χ3n) is 5.73. The van der Waals surface area contributed by atoms with Gasteiger partial charge in [0.15, 0.2) is 11.5 Å². The number of fused-ring (bicyclic) bond motifs is 3. The number of aliphatic hydroxyl groups excluding tert-OH is 2. The van der Waals surface area contributed by atoms with Gasteiger partial charge < -0.3 is 19.7 Å². The molecule has 0 aliphatic carbocycles. The minimum atomic E-state index is -0.519. The molecule has 2 N–H and O–H groups in total. The zero-order valence-electron chi connectivity index (χ0n) is 17.4. The largest absolute Gasteiger partial charge is 0.493 e. The van der Waals surface area contributed by atoms with Crippen molar-refractivity contribution in [3.8, 4) is 11.5 Å². The number of rotatable bonds is 5. The van der Waals surface area contributed by atoms with Crippen LogP contribution in [0, 0.1) is 11.3 Å². The summed E-state index contributed by atoms with van der Waals surface area (Å²) in [6, 6.07) is 4.36. The van der Waals surface area contributed by atoms with E-state index in [0.717, 1.165) is 32.4 Å². The van der Waals surface area contributed by atoms with E-state index in [-0.39, 0.29) is 24.2 Å². The normalized spacial score (nSPS) is 26.9. The minimum Gasteiger partial charge on any atom is -0.493 e. The zero-order chi connectivity index (χ0) is 19.8. The lowest BCUT2D eigenvalue weighted by Crippen LogP contribution is -2.48. The molecule has 1 aromatic rings. The van der Waals surface area contributed by atoms with Gasteiger partial charge in [-0.2, -0.15) is 0 Å². The summed E-state index contributed by atoms with van der Waals surface area (Å²) in [7, 11) is 1.65. The summed E-state index contributed by atoms with van der Waals surface area (Å²) in [5, 5.41) is 20.3. The first kappa shape index (κ1) is 20.4. The van der Waals surface area contributed by atoms with Crippen LogP contribution in [0.3, 0.4) is 0 Å². The van der Waals surface area contributed by atoms with Gasteiger partial charge in [-0.25, -0.2) is 0 Å². The van der Waals surface area contributed by atoms with Crippen LogP contribution in [-0.4, -0.2) is 54.1 Å². The maximum atomic E-state index is 10.8. The van der Waals surface area contributed by atoms with E-state index >= 15 is 0 Å². The van der Waals surface area contributed by atoms with Crippen molar-refractivity contribution in [3.05, 3.63) is 23.3 Å². The van der Waals surface area contributed by atoms with E-state index in [9.17, 15) is 10.2 Å². The molecule has 4 atom stereocenters. The fraction of sp³-hybridized carbons (Fsp3) is 0.727. The predicted octanol–water partition coefficient (Wildman–Crippen LogP) is 3.17. The fourth-order valence-electron chi connectivity index (χ4n) is 4.57. The van der Waals surface area contributed by atoms with Gasteiger partial charge in [-0.15, -0.1) is 0 Å². The average molecular weight is 378 g/mol. The van der Waals surface area contributed by atoms with Crippen molar-refractivity contribution in [1.29, 1.82) is 0 Å². The standard InChI is InChI=1S/C22H35NO4/c1-14(24)13-27-21-8-15-6-7-23-12-16(11-22(2,3)4)19(25)10-18(23)17(15)9-20(21)26-5/h8-9,14,16,18-19,24-25H,6-7,10-13H2,1-5H3/t14-,16?,18?,19?/m0/s1. The number of hydrogen-bond donors (Lipinski definition) is 2. The summed E-state index contributed by atoms with van der Waals surface area (Å²) < 4.78 is 11.3. The first-order valence-corrected chi connectivity index (χ1v) is 10.1. The highest BCUT2D eigenvalue weighted by molar-refractivity contribution is 5.49. The lowest BCUT2D eigenvalue weighted by atomic mass is 9.75. The molecule has 3 unspecified atom stereocenters. The van der Waals surface area contributed by atoms with Crippen LogP contribution < -0.4 is 9.47 Å². The molecule has 0 spiro atoms. The molecule has 0 bridgehead atoms. The van der Waals surface area contributed by atoms with Gasteiger partial charge in [-0.3, -0.25) is 4.90 Å². The maximum absolute atomic E-state index is 10.8. The second-order valence-electron chi connectivity index (χ2n) is 9.45. The van der Waals surface area contributed by atoms with Crippen molar-refractivity contribution in [2.24, 2.45) is 11.3 Å². The van der Waals surface area contributed by atoms with Crippen molar-refractivity contribution in [3.63, 3.8) is 0 Å². The Balaban J connectivity index is 1.82. The molecule has 1 fully saturated rings. The quantitative estimate of drug-likeness (QED) is 0.825. The Morgan fingerprint density at radius 2 is 2.00 bits per heavy atom. The molecule has 0 amide bonds. The van der Waals surface area contributed by atoms with Crippen LogP contribution in [0.1, 0.15) is 57.7 Å². The molecule has 2 aliphatic rings. The van der Waals surface area contributed by atoms with Crippen molar-refractivity contribution >= 4 is 0 Å². The smallest absolute Gasteiger partial charge is 0.161 e. The Kier molecular flexibility index (Phi) is 6.04. The Morgan fingerprint density at radius 3 is 2.63 bits per heavy atom. The SMILES string of the molecule is COc1cc2c(cc1OC[C@H](C)O)CCN1CC(CC(C)(C)C)C(O)CC21. The summed E-state index contributed by atoms with van der Waals surface area (Å²) >= 11 is 0. The molecule has 27 heavy (non-hydrogen) atoms. The number of hydrogen-bond acceptors (Lipinski definition) is 5. The molecular weight excluding hydrogens is 342 g/mol. The number of methoxy groups -OCH3 is 1. The van der Waals surface area contributed by atoms with Gasteiger partial charge in [-0.05, 0) is 60.8 Å². The van der Waals surface area contributed by atoms with Gasteiger partial charge >= 0.3 is 0 Å². The van der Waals surface area contributed by atoms with Gasteiger partial charge in [0.2, 0.25) is 0 Å². The van der Waals surface area contributed by atoms with Crippen molar-refractivity contribution < 1.29 is 19.7 Å². The van der Waals surface area contributed by atoms with E-state index in [1.807, 2.05) is 0 Å². The van der Waals surface area contributed by atoms with Crippen molar-refractivity contribution in [2.75, 3.05) is 26.8 Å². The van der Waals surface area contributed by atoms with Gasteiger partial charge in [0, 0.05) is 19.1 Å². The molecule has 152 valence electrons. The second kappa shape index (κ2) is 7.98. The van der Waals surface area contributed by atoms with Crippen LogP contribution in [0.2, 0.25) is 0 Å². The van der Waals surface area contributed by atoms with E-state index in [1.54, 1.807) is 14.0 Å². The van der Waals surface area contributed by atoms with Crippen molar-refractivity contribution in [1.82, 2.24) is 4.90 Å². The molecule has 3 rings (SSSR count). The maximum Gasteiger partial charge on any atom is 0.161 e. The molecule has 5 nitrogen and oxygen atoms in total. The molecule has 1 aromatic carbocycles. The Labute approximate surface area is 163 Å².